The molecule has 1 atom stereocenters. The van der Waals surface area contributed by atoms with Gasteiger partial charge in [0.15, 0.2) is 5.69 Å². The molecule has 2 aromatic carbocycles. The number of aliphatic hydroxyl groups is 1. The summed E-state index contributed by atoms with van der Waals surface area (Å²) in [5.74, 6) is 0.193. The number of oxazole rings is 1. The lowest BCUT2D eigenvalue weighted by atomic mass is 10.1. The molecule has 1 fully saturated rings. The SMILES string of the molecule is CN(Cc1ccc(-c2nc(C(=O)N3CCCC(O)C3)co2)cc1)C(=O)Cc1ccccc1. The molecule has 0 radical (unpaired) electrons. The average molecular weight is 434 g/mol. The first kappa shape index (κ1) is 21.8. The van der Waals surface area contributed by atoms with Crippen LogP contribution in [0.15, 0.2) is 65.3 Å². The molecule has 2 heterocycles. The van der Waals surface area contributed by atoms with Crippen LogP contribution >= 0.6 is 0 Å². The van der Waals surface area contributed by atoms with E-state index in [9.17, 15) is 14.7 Å². The van der Waals surface area contributed by atoms with Crippen LogP contribution in [0.5, 0.6) is 0 Å². The quantitative estimate of drug-likeness (QED) is 0.645. The molecular weight excluding hydrogens is 406 g/mol. The maximum absolute atomic E-state index is 12.6. The third-order valence-electron chi connectivity index (χ3n) is 5.65. The summed E-state index contributed by atoms with van der Waals surface area (Å²) in [7, 11) is 1.79. The summed E-state index contributed by atoms with van der Waals surface area (Å²) < 4.78 is 5.53. The van der Waals surface area contributed by atoms with Crippen LogP contribution in [0, 0.1) is 0 Å². The molecule has 4 rings (SSSR count). The van der Waals surface area contributed by atoms with Gasteiger partial charge in [-0.1, -0.05) is 42.5 Å². The molecule has 1 aliphatic heterocycles. The third-order valence-corrected chi connectivity index (χ3v) is 5.65. The molecule has 7 nitrogen and oxygen atoms in total. The highest BCUT2D eigenvalue weighted by Gasteiger charge is 2.25. The molecule has 166 valence electrons. The first-order valence-electron chi connectivity index (χ1n) is 10.8. The molecule has 0 saturated carbocycles. The zero-order valence-corrected chi connectivity index (χ0v) is 18.1. The Hall–Kier alpha value is -3.45. The lowest BCUT2D eigenvalue weighted by Gasteiger charge is -2.29. The number of aromatic nitrogens is 1. The van der Waals surface area contributed by atoms with Crippen molar-refractivity contribution in [1.29, 1.82) is 0 Å². The number of hydrogen-bond acceptors (Lipinski definition) is 5. The van der Waals surface area contributed by atoms with Crippen molar-refractivity contribution >= 4 is 11.8 Å². The Kier molecular flexibility index (Phi) is 6.66. The molecule has 3 aromatic rings. The van der Waals surface area contributed by atoms with Crippen LogP contribution in [0.4, 0.5) is 0 Å². The highest BCUT2D eigenvalue weighted by Crippen LogP contribution is 2.21. The number of β-amino-alcohol motifs (C(OH)–C–C–N with tert-alkyl or cyclic N) is 1. The fraction of sp³-hybridized carbons (Fsp3) is 0.320. The van der Waals surface area contributed by atoms with Crippen molar-refractivity contribution in [2.75, 3.05) is 20.1 Å². The second-order valence-electron chi connectivity index (χ2n) is 8.19. The lowest BCUT2D eigenvalue weighted by molar-refractivity contribution is -0.129. The van der Waals surface area contributed by atoms with Gasteiger partial charge in [0, 0.05) is 32.2 Å². The number of hydrogen-bond donors (Lipinski definition) is 1. The Bertz CT molecular complexity index is 1060. The van der Waals surface area contributed by atoms with Crippen molar-refractivity contribution in [2.45, 2.75) is 31.9 Å². The predicted molar refractivity (Wildman–Crippen MR) is 120 cm³/mol. The monoisotopic (exact) mass is 433 g/mol. The van der Waals surface area contributed by atoms with Gasteiger partial charge < -0.3 is 19.3 Å². The summed E-state index contributed by atoms with van der Waals surface area (Å²) in [5.41, 5.74) is 2.98. The zero-order valence-electron chi connectivity index (χ0n) is 18.1. The highest BCUT2D eigenvalue weighted by atomic mass is 16.3. The Balaban J connectivity index is 1.36. The van der Waals surface area contributed by atoms with E-state index >= 15 is 0 Å². The van der Waals surface area contributed by atoms with Crippen molar-refractivity contribution in [3.8, 4) is 11.5 Å². The van der Waals surface area contributed by atoms with Gasteiger partial charge in [0.1, 0.15) is 6.26 Å². The Labute approximate surface area is 187 Å². The Morgan fingerprint density at radius 3 is 2.59 bits per heavy atom. The van der Waals surface area contributed by atoms with Gasteiger partial charge in [0.25, 0.3) is 5.91 Å². The molecule has 0 spiro atoms. The molecule has 0 aliphatic carbocycles. The van der Waals surface area contributed by atoms with E-state index in [0.717, 1.165) is 23.1 Å². The Morgan fingerprint density at radius 1 is 1.12 bits per heavy atom. The van der Waals surface area contributed by atoms with Gasteiger partial charge in [-0.25, -0.2) is 4.98 Å². The minimum absolute atomic E-state index is 0.0546. The second kappa shape index (κ2) is 9.78. The minimum Gasteiger partial charge on any atom is -0.444 e. The summed E-state index contributed by atoms with van der Waals surface area (Å²) in [6.07, 6.45) is 2.75. The number of likely N-dealkylation sites (N-methyl/N-ethyl adjacent to an activating group) is 1. The Morgan fingerprint density at radius 2 is 1.88 bits per heavy atom. The summed E-state index contributed by atoms with van der Waals surface area (Å²) >= 11 is 0. The maximum atomic E-state index is 12.6. The van der Waals surface area contributed by atoms with Crippen LogP contribution in [-0.4, -0.2) is 57.9 Å². The van der Waals surface area contributed by atoms with Crippen molar-refractivity contribution in [3.05, 3.63) is 77.7 Å². The van der Waals surface area contributed by atoms with E-state index in [2.05, 4.69) is 4.98 Å². The number of rotatable bonds is 6. The first-order valence-corrected chi connectivity index (χ1v) is 10.8. The summed E-state index contributed by atoms with van der Waals surface area (Å²) in [5, 5.41) is 9.79. The highest BCUT2D eigenvalue weighted by molar-refractivity contribution is 5.92. The van der Waals surface area contributed by atoms with Gasteiger partial charge in [0.2, 0.25) is 11.8 Å². The predicted octanol–water partition coefficient (Wildman–Crippen LogP) is 3.14. The fourth-order valence-electron chi connectivity index (χ4n) is 3.83. The normalized spacial score (nSPS) is 16.1. The van der Waals surface area contributed by atoms with E-state index in [1.54, 1.807) is 16.8 Å². The van der Waals surface area contributed by atoms with Crippen LogP contribution in [0.2, 0.25) is 0 Å². The number of carbonyl (C=O) groups is 2. The van der Waals surface area contributed by atoms with Gasteiger partial charge in [-0.3, -0.25) is 9.59 Å². The average Bonchev–Trinajstić information content (AvgIpc) is 3.30. The summed E-state index contributed by atoms with van der Waals surface area (Å²) in [4.78, 5) is 32.7. The molecule has 1 N–H and O–H groups in total. The number of carbonyl (C=O) groups excluding carboxylic acids is 2. The van der Waals surface area contributed by atoms with Crippen molar-refractivity contribution in [2.24, 2.45) is 0 Å². The minimum atomic E-state index is -0.482. The van der Waals surface area contributed by atoms with Crippen molar-refractivity contribution in [3.63, 3.8) is 0 Å². The van der Waals surface area contributed by atoms with Crippen molar-refractivity contribution < 1.29 is 19.1 Å². The molecular formula is C25H27N3O4. The zero-order chi connectivity index (χ0) is 22.5. The number of likely N-dealkylation sites (tertiary alicyclic amines) is 1. The van der Waals surface area contributed by atoms with Gasteiger partial charge in [-0.2, -0.15) is 0 Å². The molecule has 7 heteroatoms. The largest absolute Gasteiger partial charge is 0.444 e. The molecule has 1 aliphatic rings. The standard InChI is InChI=1S/C25H27N3O4/c1-27(23(30)14-18-6-3-2-4-7-18)15-19-9-11-20(12-10-19)24-26-22(17-32-24)25(31)28-13-5-8-21(29)16-28/h2-4,6-7,9-12,17,21,29H,5,8,13-16H2,1H3. The van der Waals surface area contributed by atoms with Crippen LogP contribution in [0.1, 0.15) is 34.5 Å². The van der Waals surface area contributed by atoms with Gasteiger partial charge in [-0.05, 0) is 36.1 Å². The lowest BCUT2D eigenvalue weighted by Crippen LogP contribution is -2.42. The number of benzene rings is 2. The smallest absolute Gasteiger partial charge is 0.275 e. The maximum Gasteiger partial charge on any atom is 0.275 e. The van der Waals surface area contributed by atoms with Crippen LogP contribution in [-0.2, 0) is 17.8 Å². The van der Waals surface area contributed by atoms with E-state index in [0.29, 0.717) is 38.4 Å². The fourth-order valence-corrected chi connectivity index (χ4v) is 3.83. The van der Waals surface area contributed by atoms with Gasteiger partial charge in [-0.15, -0.1) is 0 Å². The molecule has 1 saturated heterocycles. The second-order valence-corrected chi connectivity index (χ2v) is 8.19. The third kappa shape index (κ3) is 5.23. The number of nitrogens with zero attached hydrogens (tertiary/aromatic N) is 3. The van der Waals surface area contributed by atoms with E-state index in [4.69, 9.17) is 4.42 Å². The van der Waals surface area contributed by atoms with E-state index in [-0.39, 0.29) is 17.5 Å². The van der Waals surface area contributed by atoms with Gasteiger partial charge in [0.05, 0.1) is 12.5 Å². The molecule has 0 bridgehead atoms. The number of amides is 2. The van der Waals surface area contributed by atoms with Crippen LogP contribution < -0.4 is 0 Å². The summed E-state index contributed by atoms with van der Waals surface area (Å²) in [6, 6.07) is 17.3. The van der Waals surface area contributed by atoms with Gasteiger partial charge >= 0.3 is 0 Å². The van der Waals surface area contributed by atoms with E-state index < -0.39 is 6.10 Å². The topological polar surface area (TPSA) is 86.9 Å². The van der Waals surface area contributed by atoms with Crippen LogP contribution in [0.25, 0.3) is 11.5 Å². The van der Waals surface area contributed by atoms with Crippen molar-refractivity contribution in [1.82, 2.24) is 14.8 Å². The van der Waals surface area contributed by atoms with Crippen LogP contribution in [0.3, 0.4) is 0 Å². The van der Waals surface area contributed by atoms with E-state index in [1.807, 2.05) is 54.6 Å². The molecule has 1 unspecified atom stereocenters. The molecule has 32 heavy (non-hydrogen) atoms. The number of piperidine rings is 1. The first-order chi connectivity index (χ1) is 15.5. The molecule has 2 amide bonds. The number of aliphatic hydroxyl groups excluding tert-OH is 1. The van der Waals surface area contributed by atoms with E-state index in [1.165, 1.54) is 6.26 Å². The molecule has 1 aromatic heterocycles. The summed E-state index contributed by atoms with van der Waals surface area (Å²) in [6.45, 7) is 1.44.